The van der Waals surface area contributed by atoms with Gasteiger partial charge in [0.05, 0.1) is 13.1 Å². The lowest BCUT2D eigenvalue weighted by Gasteiger charge is -2.22. The summed E-state index contributed by atoms with van der Waals surface area (Å²) in [4.78, 5) is 22.8. The van der Waals surface area contributed by atoms with Gasteiger partial charge < -0.3 is 16.4 Å². The molecule has 0 spiro atoms. The number of carbonyl (C=O) groups excluding carboxylic acids is 2. The van der Waals surface area contributed by atoms with Gasteiger partial charge in [-0.15, -0.1) is 0 Å². The quantitative estimate of drug-likeness (QED) is 0.688. The second-order valence-corrected chi connectivity index (χ2v) is 5.23. The Kier molecular flexibility index (Phi) is 6.81. The predicted octanol–water partition coefficient (Wildman–Crippen LogP) is 0.584. The van der Waals surface area contributed by atoms with Crippen LogP contribution >= 0.6 is 0 Å². The summed E-state index contributed by atoms with van der Waals surface area (Å²) in [5.41, 5.74) is 6.09. The highest BCUT2D eigenvalue weighted by Crippen LogP contribution is 2.11. The minimum atomic E-state index is -0.371. The maximum absolute atomic E-state index is 12.9. The highest BCUT2D eigenvalue weighted by Gasteiger charge is 2.17. The Morgan fingerprint density at radius 2 is 1.81 bits per heavy atom. The molecule has 0 saturated carbocycles. The number of halogens is 1. The van der Waals surface area contributed by atoms with Gasteiger partial charge in [0.2, 0.25) is 11.8 Å². The summed E-state index contributed by atoms with van der Waals surface area (Å²) in [5, 5.41) is 5.29. The van der Waals surface area contributed by atoms with Crippen molar-refractivity contribution in [2.45, 2.75) is 26.3 Å². The van der Waals surface area contributed by atoms with Crippen molar-refractivity contribution in [3.63, 3.8) is 0 Å². The van der Waals surface area contributed by atoms with Crippen LogP contribution in [0.25, 0.3) is 0 Å². The molecule has 0 saturated heterocycles. The van der Waals surface area contributed by atoms with Crippen LogP contribution in [0.1, 0.15) is 19.4 Å². The molecule has 1 aromatic rings. The van der Waals surface area contributed by atoms with Crippen molar-refractivity contribution in [1.29, 1.82) is 0 Å². The van der Waals surface area contributed by atoms with E-state index >= 15 is 0 Å². The van der Waals surface area contributed by atoms with Crippen LogP contribution in [0, 0.1) is 11.7 Å². The van der Waals surface area contributed by atoms with E-state index in [1.54, 1.807) is 12.1 Å². The third-order valence-electron chi connectivity index (χ3n) is 3.15. The molecule has 21 heavy (non-hydrogen) atoms. The molecule has 6 heteroatoms. The summed E-state index contributed by atoms with van der Waals surface area (Å²) in [7, 11) is 0. The molecule has 1 atom stereocenters. The molecule has 0 aliphatic carbocycles. The number of carbonyl (C=O) groups is 2. The molecule has 0 aliphatic rings. The third kappa shape index (κ3) is 6.35. The van der Waals surface area contributed by atoms with Crippen LogP contribution in [0.2, 0.25) is 0 Å². The first kappa shape index (κ1) is 17.1. The number of rotatable bonds is 7. The molecule has 1 unspecified atom stereocenters. The van der Waals surface area contributed by atoms with Gasteiger partial charge in [0.15, 0.2) is 0 Å². The van der Waals surface area contributed by atoms with Crippen molar-refractivity contribution >= 4 is 11.8 Å². The number of hydrogen-bond acceptors (Lipinski definition) is 3. The molecule has 1 rings (SSSR count). The molecule has 0 aromatic heterocycles. The first-order chi connectivity index (χ1) is 9.92. The third-order valence-corrected chi connectivity index (χ3v) is 3.15. The summed E-state index contributed by atoms with van der Waals surface area (Å²) in [5.74, 6) is -0.708. The lowest BCUT2D eigenvalue weighted by atomic mass is 9.96. The largest absolute Gasteiger partial charge is 0.351 e. The molecule has 0 heterocycles. The van der Waals surface area contributed by atoms with Gasteiger partial charge in [-0.05, 0) is 30.0 Å². The topological polar surface area (TPSA) is 84.2 Å². The van der Waals surface area contributed by atoms with E-state index in [0.717, 1.165) is 5.56 Å². The first-order valence-electron chi connectivity index (χ1n) is 6.93. The van der Waals surface area contributed by atoms with Crippen molar-refractivity contribution in [2.24, 2.45) is 11.7 Å². The van der Waals surface area contributed by atoms with Crippen LogP contribution < -0.4 is 16.4 Å². The average molecular weight is 295 g/mol. The molecular formula is C15H22FN3O2. The summed E-state index contributed by atoms with van der Waals surface area (Å²) in [6, 6.07) is 6.12. The molecule has 116 valence electrons. The zero-order chi connectivity index (χ0) is 15.8. The van der Waals surface area contributed by atoms with Gasteiger partial charge in [-0.2, -0.15) is 0 Å². The summed E-state index contributed by atoms with van der Waals surface area (Å²) >= 11 is 0. The van der Waals surface area contributed by atoms with E-state index in [4.69, 9.17) is 5.73 Å². The zero-order valence-corrected chi connectivity index (χ0v) is 12.4. The fraction of sp³-hybridized carbons (Fsp3) is 0.467. The van der Waals surface area contributed by atoms with E-state index in [9.17, 15) is 14.0 Å². The van der Waals surface area contributed by atoms with Gasteiger partial charge in [0.1, 0.15) is 5.82 Å². The zero-order valence-electron chi connectivity index (χ0n) is 12.4. The molecule has 1 aromatic carbocycles. The average Bonchev–Trinajstić information content (AvgIpc) is 2.46. The molecule has 4 N–H and O–H groups in total. The normalized spacial score (nSPS) is 12.0. The van der Waals surface area contributed by atoms with Crippen LogP contribution in [-0.2, 0) is 16.0 Å². The fourth-order valence-corrected chi connectivity index (χ4v) is 1.84. The fourth-order valence-electron chi connectivity index (χ4n) is 1.84. The molecule has 0 aliphatic heterocycles. The summed E-state index contributed by atoms with van der Waals surface area (Å²) in [6.45, 7) is 3.75. The van der Waals surface area contributed by atoms with E-state index in [2.05, 4.69) is 10.6 Å². The van der Waals surface area contributed by atoms with E-state index in [-0.39, 0.29) is 42.7 Å². The number of hydrogen-bond donors (Lipinski definition) is 3. The Hall–Kier alpha value is -1.95. The minimum Gasteiger partial charge on any atom is -0.351 e. The summed E-state index contributed by atoms with van der Waals surface area (Å²) in [6.07, 6.45) is 0.606. The van der Waals surface area contributed by atoms with Gasteiger partial charge in [0.25, 0.3) is 0 Å². The van der Waals surface area contributed by atoms with E-state index in [1.165, 1.54) is 12.1 Å². The van der Waals surface area contributed by atoms with Crippen LogP contribution in [-0.4, -0.2) is 30.9 Å². The van der Waals surface area contributed by atoms with Crippen molar-refractivity contribution < 1.29 is 14.0 Å². The number of nitrogens with two attached hydrogens (primary N) is 1. The monoisotopic (exact) mass is 295 g/mol. The standard InChI is InChI=1S/C15H22FN3O2/c1-10(2)13(7-11-3-5-12(16)6-4-11)19-15(21)9-18-14(20)8-17/h3-6,10,13H,7-9,17H2,1-2H3,(H,18,20)(H,19,21). The highest BCUT2D eigenvalue weighted by molar-refractivity contribution is 5.85. The van der Waals surface area contributed by atoms with Crippen molar-refractivity contribution in [1.82, 2.24) is 10.6 Å². The molecule has 0 fully saturated rings. The molecular weight excluding hydrogens is 273 g/mol. The summed E-state index contributed by atoms with van der Waals surface area (Å²) < 4.78 is 12.9. The van der Waals surface area contributed by atoms with E-state index in [0.29, 0.717) is 6.42 Å². The number of amides is 2. The smallest absolute Gasteiger partial charge is 0.239 e. The molecule has 5 nitrogen and oxygen atoms in total. The Labute approximate surface area is 124 Å². The van der Waals surface area contributed by atoms with Crippen LogP contribution in [0.3, 0.4) is 0 Å². The number of benzene rings is 1. The lowest BCUT2D eigenvalue weighted by Crippen LogP contribution is -2.46. The van der Waals surface area contributed by atoms with Gasteiger partial charge in [-0.25, -0.2) is 4.39 Å². The Morgan fingerprint density at radius 1 is 1.19 bits per heavy atom. The van der Waals surface area contributed by atoms with Gasteiger partial charge in [0, 0.05) is 6.04 Å². The van der Waals surface area contributed by atoms with Gasteiger partial charge >= 0.3 is 0 Å². The lowest BCUT2D eigenvalue weighted by molar-refractivity contribution is -0.125. The van der Waals surface area contributed by atoms with Crippen LogP contribution in [0.15, 0.2) is 24.3 Å². The second-order valence-electron chi connectivity index (χ2n) is 5.23. The molecule has 2 amide bonds. The second kappa shape index (κ2) is 8.36. The molecule has 0 radical (unpaired) electrons. The van der Waals surface area contributed by atoms with Crippen molar-refractivity contribution in [2.75, 3.05) is 13.1 Å². The van der Waals surface area contributed by atoms with Crippen LogP contribution in [0.5, 0.6) is 0 Å². The number of nitrogens with one attached hydrogen (secondary N) is 2. The van der Waals surface area contributed by atoms with Crippen molar-refractivity contribution in [3.05, 3.63) is 35.6 Å². The molecule has 0 bridgehead atoms. The maximum atomic E-state index is 12.9. The highest BCUT2D eigenvalue weighted by atomic mass is 19.1. The maximum Gasteiger partial charge on any atom is 0.239 e. The predicted molar refractivity (Wildman–Crippen MR) is 78.9 cm³/mol. The Bertz CT molecular complexity index is 474. The van der Waals surface area contributed by atoms with E-state index < -0.39 is 0 Å². The first-order valence-corrected chi connectivity index (χ1v) is 6.93. The van der Waals surface area contributed by atoms with Gasteiger partial charge in [-0.1, -0.05) is 26.0 Å². The Morgan fingerprint density at radius 3 is 2.33 bits per heavy atom. The van der Waals surface area contributed by atoms with Crippen LogP contribution in [0.4, 0.5) is 4.39 Å². The SMILES string of the molecule is CC(C)C(Cc1ccc(F)cc1)NC(=O)CNC(=O)CN. The Balaban J connectivity index is 2.55. The van der Waals surface area contributed by atoms with Crippen molar-refractivity contribution in [3.8, 4) is 0 Å². The minimum absolute atomic E-state index is 0.0854. The van der Waals surface area contributed by atoms with E-state index in [1.807, 2.05) is 13.8 Å². The van der Waals surface area contributed by atoms with Gasteiger partial charge in [-0.3, -0.25) is 9.59 Å².